The highest BCUT2D eigenvalue weighted by Gasteiger charge is 2.27. The van der Waals surface area contributed by atoms with E-state index in [1.165, 1.54) is 12.1 Å². The molecule has 2 amide bonds. The summed E-state index contributed by atoms with van der Waals surface area (Å²) in [5.41, 5.74) is 6.53. The van der Waals surface area contributed by atoms with Crippen LogP contribution in [0.3, 0.4) is 0 Å². The highest BCUT2D eigenvalue weighted by Crippen LogP contribution is 2.09. The van der Waals surface area contributed by atoms with Crippen LogP contribution in [0.1, 0.15) is 19.4 Å². The molecule has 0 aliphatic rings. The van der Waals surface area contributed by atoms with Crippen LogP contribution in [0.5, 0.6) is 0 Å². The Balaban J connectivity index is 2.71. The summed E-state index contributed by atoms with van der Waals surface area (Å²) in [6.07, 6.45) is 0. The first-order valence-electron chi connectivity index (χ1n) is 6.99. The van der Waals surface area contributed by atoms with Gasteiger partial charge in [0.1, 0.15) is 0 Å². The fraction of sp³-hybridized carbons (Fsp3) is 0.429. The number of aryl methyl sites for hydroxylation is 1. The molecule has 0 fully saturated rings. The minimum atomic E-state index is -3.86. The van der Waals surface area contributed by atoms with E-state index in [4.69, 9.17) is 11.6 Å². The van der Waals surface area contributed by atoms with E-state index >= 15 is 0 Å². The van der Waals surface area contributed by atoms with E-state index in [1.54, 1.807) is 26.0 Å². The topological polar surface area (TPSA) is 136 Å². The quantitative estimate of drug-likeness (QED) is 0.362. The van der Waals surface area contributed by atoms with Gasteiger partial charge in [-0.2, -0.15) is 0 Å². The van der Waals surface area contributed by atoms with E-state index in [1.807, 2.05) is 6.92 Å². The Kier molecular flexibility index (Phi) is 6.39. The summed E-state index contributed by atoms with van der Waals surface area (Å²) >= 11 is 0. The van der Waals surface area contributed by atoms with Gasteiger partial charge in [0.15, 0.2) is 0 Å². The number of imide groups is 1. The van der Waals surface area contributed by atoms with Crippen molar-refractivity contribution in [1.29, 1.82) is 0 Å². The number of sulfonamides is 1. The molecular formula is C14H22N4O4S. The first kappa shape index (κ1) is 19.2. The second kappa shape index (κ2) is 7.64. The molecule has 9 heteroatoms. The Bertz CT molecular complexity index is 671. The van der Waals surface area contributed by atoms with Crippen LogP contribution in [0.4, 0.5) is 0 Å². The van der Waals surface area contributed by atoms with Crippen LogP contribution in [0.25, 0.3) is 0 Å². The smallest absolute Gasteiger partial charge is 0.260 e. The van der Waals surface area contributed by atoms with Gasteiger partial charge in [-0.05, 0) is 25.0 Å². The van der Waals surface area contributed by atoms with Gasteiger partial charge in [-0.15, -0.1) is 0 Å². The van der Waals surface area contributed by atoms with Crippen molar-refractivity contribution >= 4 is 21.8 Å². The second-order valence-corrected chi connectivity index (χ2v) is 7.28. The van der Waals surface area contributed by atoms with E-state index < -0.39 is 34.4 Å². The van der Waals surface area contributed by atoms with E-state index in [-0.39, 0.29) is 10.8 Å². The molecule has 0 heterocycles. The van der Waals surface area contributed by atoms with Crippen molar-refractivity contribution in [2.45, 2.75) is 31.7 Å². The van der Waals surface area contributed by atoms with Crippen molar-refractivity contribution in [3.8, 4) is 0 Å². The minimum Gasteiger partial charge on any atom is -0.320 e. The van der Waals surface area contributed by atoms with Crippen molar-refractivity contribution in [2.75, 3.05) is 6.54 Å². The van der Waals surface area contributed by atoms with E-state index in [9.17, 15) is 18.0 Å². The lowest BCUT2D eigenvalue weighted by molar-refractivity contribution is -0.146. The van der Waals surface area contributed by atoms with Crippen LogP contribution >= 0.6 is 0 Å². The Morgan fingerprint density at radius 1 is 1.22 bits per heavy atom. The van der Waals surface area contributed by atoms with Gasteiger partial charge in [0.2, 0.25) is 10.0 Å². The van der Waals surface area contributed by atoms with Gasteiger partial charge in [0.25, 0.3) is 11.8 Å². The molecule has 5 N–H and O–H groups in total. The molecule has 0 spiro atoms. The Labute approximate surface area is 135 Å². The lowest BCUT2D eigenvalue weighted by Gasteiger charge is -2.21. The molecule has 0 saturated heterocycles. The summed E-state index contributed by atoms with van der Waals surface area (Å²) in [6.45, 7) is 4.61. The maximum absolute atomic E-state index is 12.1. The molecule has 0 aliphatic heterocycles. The van der Waals surface area contributed by atoms with Gasteiger partial charge in [-0.1, -0.05) is 31.5 Å². The highest BCUT2D eigenvalue weighted by molar-refractivity contribution is 7.89. The van der Waals surface area contributed by atoms with Gasteiger partial charge in [-0.3, -0.25) is 9.59 Å². The average Bonchev–Trinajstić information content (AvgIpc) is 2.50. The summed E-state index contributed by atoms with van der Waals surface area (Å²) < 4.78 is 26.2. The van der Waals surface area contributed by atoms with Crippen molar-refractivity contribution in [3.05, 3.63) is 29.8 Å². The molecule has 0 bridgehead atoms. The molecule has 1 atom stereocenters. The lowest BCUT2D eigenvalue weighted by Crippen LogP contribution is -2.54. The number of carbonyl (C=O) groups is 2. The summed E-state index contributed by atoms with van der Waals surface area (Å²) in [7, 11) is -3.86. The number of nitrogens with two attached hydrogens (primary N) is 2. The SMILES string of the molecule is Cc1ccc(S(=O)(=O)NCC(=O)N(N)C(=O)[C@H](N)C(C)C)cc1. The molecule has 0 unspecified atom stereocenters. The van der Waals surface area contributed by atoms with Gasteiger partial charge in [0.05, 0.1) is 17.5 Å². The summed E-state index contributed by atoms with van der Waals surface area (Å²) in [5.74, 6) is 3.55. The van der Waals surface area contributed by atoms with Gasteiger partial charge >= 0.3 is 0 Å². The summed E-state index contributed by atoms with van der Waals surface area (Å²) in [6, 6.07) is 5.18. The normalized spacial score (nSPS) is 13.0. The molecule has 128 valence electrons. The van der Waals surface area contributed by atoms with Crippen molar-refractivity contribution in [3.63, 3.8) is 0 Å². The molecule has 0 saturated carbocycles. The molecule has 1 rings (SSSR count). The van der Waals surface area contributed by atoms with Crippen molar-refractivity contribution < 1.29 is 18.0 Å². The zero-order chi connectivity index (χ0) is 17.8. The van der Waals surface area contributed by atoms with E-state index in [0.29, 0.717) is 5.01 Å². The zero-order valence-electron chi connectivity index (χ0n) is 13.3. The van der Waals surface area contributed by atoms with Crippen LogP contribution in [-0.4, -0.2) is 37.8 Å². The number of benzene rings is 1. The number of nitrogens with zero attached hydrogens (tertiary/aromatic N) is 1. The monoisotopic (exact) mass is 342 g/mol. The largest absolute Gasteiger partial charge is 0.320 e. The van der Waals surface area contributed by atoms with Gasteiger partial charge in [-0.25, -0.2) is 24.0 Å². The number of carbonyl (C=O) groups excluding carboxylic acids is 2. The van der Waals surface area contributed by atoms with Crippen LogP contribution in [-0.2, 0) is 19.6 Å². The molecule has 8 nitrogen and oxygen atoms in total. The number of hydrogen-bond acceptors (Lipinski definition) is 6. The summed E-state index contributed by atoms with van der Waals surface area (Å²) in [5, 5.41) is 0.350. The molecule has 1 aromatic carbocycles. The number of amides is 2. The number of hydrazine groups is 1. The van der Waals surface area contributed by atoms with E-state index in [2.05, 4.69) is 4.72 Å². The fourth-order valence-electron chi connectivity index (χ4n) is 1.61. The minimum absolute atomic E-state index is 0.0182. The fourth-order valence-corrected chi connectivity index (χ4v) is 2.59. The Morgan fingerprint density at radius 2 is 1.74 bits per heavy atom. The number of hydrogen-bond donors (Lipinski definition) is 3. The molecule has 1 aromatic rings. The molecular weight excluding hydrogens is 320 g/mol. The van der Waals surface area contributed by atoms with Crippen molar-refractivity contribution in [1.82, 2.24) is 9.73 Å². The Hall–Kier alpha value is -1.81. The second-order valence-electron chi connectivity index (χ2n) is 5.51. The predicted molar refractivity (Wildman–Crippen MR) is 85.2 cm³/mol. The maximum Gasteiger partial charge on any atom is 0.260 e. The first-order valence-corrected chi connectivity index (χ1v) is 8.48. The molecule has 0 aromatic heterocycles. The van der Waals surface area contributed by atoms with Gasteiger partial charge < -0.3 is 5.73 Å². The van der Waals surface area contributed by atoms with Crippen LogP contribution in [0.15, 0.2) is 29.2 Å². The van der Waals surface area contributed by atoms with Crippen LogP contribution < -0.4 is 16.3 Å². The third-order valence-electron chi connectivity index (χ3n) is 3.25. The summed E-state index contributed by atoms with van der Waals surface area (Å²) in [4.78, 5) is 23.7. The molecule has 0 radical (unpaired) electrons. The van der Waals surface area contributed by atoms with E-state index in [0.717, 1.165) is 5.56 Å². The first-order chi connectivity index (χ1) is 10.6. The van der Waals surface area contributed by atoms with Crippen LogP contribution in [0, 0.1) is 12.8 Å². The standard InChI is InChI=1S/C14H22N4O4S/c1-9(2)13(15)14(20)18(16)12(19)8-17-23(21,22)11-6-4-10(3)5-7-11/h4-7,9,13,17H,8,15-16H2,1-3H3/t13-/m1/s1. The lowest BCUT2D eigenvalue weighted by atomic mass is 10.0. The van der Waals surface area contributed by atoms with Gasteiger partial charge in [0, 0.05) is 0 Å². The Morgan fingerprint density at radius 3 is 2.22 bits per heavy atom. The van der Waals surface area contributed by atoms with Crippen LogP contribution in [0.2, 0.25) is 0 Å². The van der Waals surface area contributed by atoms with Crippen molar-refractivity contribution in [2.24, 2.45) is 17.5 Å². The molecule has 0 aliphatic carbocycles. The third-order valence-corrected chi connectivity index (χ3v) is 4.67. The molecule has 23 heavy (non-hydrogen) atoms. The number of rotatable bonds is 6. The zero-order valence-corrected chi connectivity index (χ0v) is 14.1. The maximum atomic E-state index is 12.1. The highest BCUT2D eigenvalue weighted by atomic mass is 32.2. The number of nitrogens with one attached hydrogen (secondary N) is 1. The average molecular weight is 342 g/mol. The predicted octanol–water partition coefficient (Wildman–Crippen LogP) is -0.514. The third kappa shape index (κ3) is 5.10.